The minimum atomic E-state index is -4.57. The molecule has 0 bridgehead atoms. The third-order valence-electron chi connectivity index (χ3n) is 4.87. The molecule has 0 saturated carbocycles. The van der Waals surface area contributed by atoms with Crippen molar-refractivity contribution in [1.29, 1.82) is 0 Å². The average Bonchev–Trinajstić information content (AvgIpc) is 3.33. The smallest absolute Gasteiger partial charge is 0.359 e. The van der Waals surface area contributed by atoms with Crippen LogP contribution in [0.25, 0.3) is 11.1 Å². The molecule has 2 aliphatic heterocycles. The predicted octanol–water partition coefficient (Wildman–Crippen LogP) is 3.28. The maximum atomic E-state index is 13.0. The minimum absolute atomic E-state index is 0.0509. The van der Waals surface area contributed by atoms with Crippen molar-refractivity contribution in [3.05, 3.63) is 35.0 Å². The normalized spacial score (nSPS) is 16.9. The minimum Gasteiger partial charge on any atom is -0.359 e. The Labute approximate surface area is 163 Å². The zero-order valence-corrected chi connectivity index (χ0v) is 15.6. The van der Waals surface area contributed by atoms with Gasteiger partial charge < -0.3 is 15.1 Å². The second-order valence-electron chi connectivity index (χ2n) is 6.71. The van der Waals surface area contributed by atoms with Crippen molar-refractivity contribution in [2.45, 2.75) is 19.0 Å². The molecular weight excluding hydrogens is 393 g/mol. The van der Waals surface area contributed by atoms with Crippen molar-refractivity contribution in [3.63, 3.8) is 0 Å². The molecule has 2 aromatic rings. The number of carbonyl (C=O) groups excluding carboxylic acids is 2. The molecule has 148 valence electrons. The molecule has 2 aliphatic rings. The van der Waals surface area contributed by atoms with E-state index in [2.05, 4.69) is 10.3 Å². The number of aromatic nitrogens is 1. The number of amides is 2. The van der Waals surface area contributed by atoms with Crippen LogP contribution < -0.4 is 5.32 Å². The zero-order chi connectivity index (χ0) is 19.9. The predicted molar refractivity (Wildman–Crippen MR) is 97.9 cm³/mol. The van der Waals surface area contributed by atoms with Gasteiger partial charge in [-0.2, -0.15) is 13.2 Å². The first-order valence-corrected chi connectivity index (χ1v) is 9.68. The highest BCUT2D eigenvalue weighted by Crippen LogP contribution is 2.39. The van der Waals surface area contributed by atoms with E-state index in [0.717, 1.165) is 25.1 Å². The molecule has 6 nitrogen and oxygen atoms in total. The van der Waals surface area contributed by atoms with Crippen molar-refractivity contribution in [2.24, 2.45) is 0 Å². The number of nitrogens with zero attached hydrogens (tertiary/aromatic N) is 3. The van der Waals surface area contributed by atoms with Crippen molar-refractivity contribution >= 4 is 28.2 Å². The van der Waals surface area contributed by atoms with Crippen molar-refractivity contribution < 1.29 is 22.8 Å². The number of thiophene rings is 1. The maximum Gasteiger partial charge on any atom is 0.433 e. The highest BCUT2D eigenvalue weighted by Gasteiger charge is 2.34. The van der Waals surface area contributed by atoms with Crippen LogP contribution in [-0.2, 0) is 11.0 Å². The quantitative estimate of drug-likeness (QED) is 0.844. The van der Waals surface area contributed by atoms with Gasteiger partial charge in [0.05, 0.1) is 12.2 Å². The zero-order valence-electron chi connectivity index (χ0n) is 14.8. The lowest BCUT2D eigenvalue weighted by Gasteiger charge is -2.29. The molecule has 10 heteroatoms. The summed E-state index contributed by atoms with van der Waals surface area (Å²) < 4.78 is 39.0. The Morgan fingerprint density at radius 2 is 2.04 bits per heavy atom. The van der Waals surface area contributed by atoms with Gasteiger partial charge in [-0.05, 0) is 30.5 Å². The van der Waals surface area contributed by atoms with Gasteiger partial charge in [-0.15, -0.1) is 11.3 Å². The number of nitrogens with one attached hydrogen (secondary N) is 1. The van der Waals surface area contributed by atoms with Gasteiger partial charge in [0.25, 0.3) is 5.91 Å². The molecule has 0 aliphatic carbocycles. The highest BCUT2D eigenvalue weighted by molar-refractivity contribution is 7.15. The summed E-state index contributed by atoms with van der Waals surface area (Å²) in [7, 11) is 0. The molecule has 2 amide bonds. The fourth-order valence-electron chi connectivity index (χ4n) is 3.42. The van der Waals surface area contributed by atoms with Crippen LogP contribution in [0.15, 0.2) is 23.7 Å². The first-order valence-electron chi connectivity index (χ1n) is 8.80. The van der Waals surface area contributed by atoms with E-state index in [-0.39, 0.29) is 30.6 Å². The van der Waals surface area contributed by atoms with E-state index in [0.29, 0.717) is 29.2 Å². The number of likely N-dealkylation sites (tertiary alicyclic amines) is 1. The highest BCUT2D eigenvalue weighted by atomic mass is 32.1. The molecule has 0 atom stereocenters. The molecule has 4 heterocycles. The van der Waals surface area contributed by atoms with Crippen LogP contribution in [0.3, 0.4) is 0 Å². The van der Waals surface area contributed by atoms with Crippen molar-refractivity contribution in [2.75, 3.05) is 31.6 Å². The lowest BCUT2D eigenvalue weighted by Crippen LogP contribution is -2.46. The van der Waals surface area contributed by atoms with Crippen LogP contribution in [0, 0.1) is 0 Å². The molecule has 4 rings (SSSR count). The van der Waals surface area contributed by atoms with Crippen molar-refractivity contribution in [3.8, 4) is 11.1 Å². The van der Waals surface area contributed by atoms with Crippen LogP contribution >= 0.6 is 11.3 Å². The fraction of sp³-hybridized carbons (Fsp3) is 0.389. The summed E-state index contributed by atoms with van der Waals surface area (Å²) in [6.07, 6.45) is -1.57. The van der Waals surface area contributed by atoms with E-state index in [4.69, 9.17) is 0 Å². The van der Waals surface area contributed by atoms with E-state index in [1.165, 1.54) is 22.3 Å². The van der Waals surface area contributed by atoms with Gasteiger partial charge in [-0.1, -0.05) is 0 Å². The Morgan fingerprint density at radius 3 is 2.75 bits per heavy atom. The molecule has 0 radical (unpaired) electrons. The van der Waals surface area contributed by atoms with E-state index < -0.39 is 11.9 Å². The van der Waals surface area contributed by atoms with E-state index in [9.17, 15) is 22.8 Å². The monoisotopic (exact) mass is 410 g/mol. The lowest BCUT2D eigenvalue weighted by atomic mass is 10.0. The Morgan fingerprint density at radius 1 is 1.29 bits per heavy atom. The molecule has 1 N–H and O–H groups in total. The molecule has 1 saturated heterocycles. The Bertz CT molecular complexity index is 922. The third-order valence-corrected chi connectivity index (χ3v) is 5.81. The number of fused-ring (bicyclic) bond motifs is 1. The van der Waals surface area contributed by atoms with E-state index >= 15 is 0 Å². The van der Waals surface area contributed by atoms with E-state index in [1.807, 2.05) is 0 Å². The average molecular weight is 410 g/mol. The van der Waals surface area contributed by atoms with Gasteiger partial charge >= 0.3 is 6.18 Å². The van der Waals surface area contributed by atoms with Gasteiger partial charge in [0.15, 0.2) is 0 Å². The second kappa shape index (κ2) is 7.08. The lowest BCUT2D eigenvalue weighted by molar-refractivity contribution is -0.141. The molecule has 28 heavy (non-hydrogen) atoms. The van der Waals surface area contributed by atoms with Crippen LogP contribution in [0.2, 0.25) is 0 Å². The summed E-state index contributed by atoms with van der Waals surface area (Å²) in [5, 5.41) is 5.33. The van der Waals surface area contributed by atoms with Crippen LogP contribution in [-0.4, -0.2) is 52.9 Å². The Balaban J connectivity index is 1.61. The first kappa shape index (κ1) is 18.7. The number of anilines is 1. The molecule has 1 fully saturated rings. The largest absolute Gasteiger partial charge is 0.433 e. The molecular formula is C18H17F3N4O2S. The van der Waals surface area contributed by atoms with Gasteiger partial charge in [0.1, 0.15) is 17.2 Å². The molecule has 0 unspecified atom stereocenters. The van der Waals surface area contributed by atoms with E-state index in [1.54, 1.807) is 10.3 Å². The standard InChI is InChI=1S/C18H17F3N4O2S/c19-18(20,21)13-7-11(3-4-22-13)12-9-28-16-15(12)17(27)25(10-23-16)8-14(26)24-5-1-2-6-24/h3-4,7,9,23H,1-2,5-6,8,10H2. The summed E-state index contributed by atoms with van der Waals surface area (Å²) in [4.78, 5) is 31.9. The maximum absolute atomic E-state index is 13.0. The summed E-state index contributed by atoms with van der Waals surface area (Å²) >= 11 is 1.25. The number of carbonyl (C=O) groups is 2. The summed E-state index contributed by atoms with van der Waals surface area (Å²) in [6, 6.07) is 2.38. The topological polar surface area (TPSA) is 65.5 Å². The number of pyridine rings is 1. The van der Waals surface area contributed by atoms with Gasteiger partial charge in [0, 0.05) is 30.2 Å². The summed E-state index contributed by atoms with van der Waals surface area (Å²) in [6.45, 7) is 1.53. The Kier molecular flexibility index (Phi) is 4.74. The van der Waals surface area contributed by atoms with Gasteiger partial charge in [0.2, 0.25) is 5.91 Å². The molecule has 0 aromatic carbocycles. The summed E-state index contributed by atoms with van der Waals surface area (Å²) in [5.41, 5.74) is -0.0431. The first-order chi connectivity index (χ1) is 13.3. The number of alkyl halides is 3. The third kappa shape index (κ3) is 3.44. The van der Waals surface area contributed by atoms with Crippen LogP contribution in [0.1, 0.15) is 28.9 Å². The Hall–Kier alpha value is -2.62. The number of halogens is 3. The molecule has 0 spiro atoms. The fourth-order valence-corrected chi connectivity index (χ4v) is 4.37. The van der Waals surface area contributed by atoms with Crippen LogP contribution in [0.4, 0.5) is 18.2 Å². The van der Waals surface area contributed by atoms with Gasteiger partial charge in [-0.25, -0.2) is 0 Å². The summed E-state index contributed by atoms with van der Waals surface area (Å²) in [5.74, 6) is -0.473. The van der Waals surface area contributed by atoms with Crippen molar-refractivity contribution in [1.82, 2.24) is 14.8 Å². The number of hydrogen-bond acceptors (Lipinski definition) is 5. The number of rotatable bonds is 3. The SMILES string of the molecule is O=C(CN1CNc2scc(-c3ccnc(C(F)(F)F)c3)c2C1=O)N1CCCC1. The van der Waals surface area contributed by atoms with Gasteiger partial charge in [-0.3, -0.25) is 14.6 Å². The second-order valence-corrected chi connectivity index (χ2v) is 7.59. The molecule has 2 aromatic heterocycles. The number of hydrogen-bond donors (Lipinski definition) is 1. The van der Waals surface area contributed by atoms with Crippen LogP contribution in [0.5, 0.6) is 0 Å².